The quantitative estimate of drug-likeness (QED) is 0.265. The van der Waals surface area contributed by atoms with Gasteiger partial charge in [0.1, 0.15) is 18.2 Å². The Morgan fingerprint density at radius 1 is 1.09 bits per heavy atom. The lowest BCUT2D eigenvalue weighted by Gasteiger charge is -2.15. The van der Waals surface area contributed by atoms with Crippen LogP contribution in [0.25, 0.3) is 11.0 Å². The van der Waals surface area contributed by atoms with Gasteiger partial charge in [-0.1, -0.05) is 45.7 Å². The molecule has 4 rings (SSSR count). The molecule has 0 bridgehead atoms. The van der Waals surface area contributed by atoms with E-state index in [1.807, 2.05) is 36.4 Å². The van der Waals surface area contributed by atoms with E-state index >= 15 is 0 Å². The standard InChI is InChI=1S/C24H22BrClFN3O2/c1-31-22-10-16(13-28-9-8-24-29-20-4-2-3-5-21(20)30-24)18(25)12-23(22)32-14-15-6-7-17(27)11-19(15)26/h2-7,10-12,28H,8-9,13-14H2,1H3,(H,29,30). The van der Waals surface area contributed by atoms with Crippen LogP contribution in [0.4, 0.5) is 4.39 Å². The number of fused-ring (bicyclic) bond motifs is 1. The van der Waals surface area contributed by atoms with Crippen LogP contribution in [0.1, 0.15) is 17.0 Å². The van der Waals surface area contributed by atoms with Gasteiger partial charge in [0, 0.05) is 29.5 Å². The number of nitrogens with zero attached hydrogens (tertiary/aromatic N) is 1. The van der Waals surface area contributed by atoms with E-state index in [-0.39, 0.29) is 12.4 Å². The molecular weight excluding hydrogens is 497 g/mol. The summed E-state index contributed by atoms with van der Waals surface area (Å²) in [6.45, 7) is 1.63. The summed E-state index contributed by atoms with van der Waals surface area (Å²) in [6.07, 6.45) is 0.795. The maximum Gasteiger partial charge on any atom is 0.162 e. The molecule has 4 aromatic rings. The van der Waals surface area contributed by atoms with Crippen molar-refractivity contribution >= 4 is 38.6 Å². The van der Waals surface area contributed by atoms with Crippen LogP contribution in [0.5, 0.6) is 11.5 Å². The van der Waals surface area contributed by atoms with Crippen molar-refractivity contribution in [2.75, 3.05) is 13.7 Å². The fraction of sp³-hybridized carbons (Fsp3) is 0.208. The molecular formula is C24H22BrClFN3O2. The summed E-state index contributed by atoms with van der Waals surface area (Å²) in [7, 11) is 1.60. The zero-order valence-electron chi connectivity index (χ0n) is 17.4. The lowest BCUT2D eigenvalue weighted by molar-refractivity contribution is 0.284. The number of hydrogen-bond donors (Lipinski definition) is 2. The molecule has 3 aromatic carbocycles. The monoisotopic (exact) mass is 517 g/mol. The summed E-state index contributed by atoms with van der Waals surface area (Å²) in [5.41, 5.74) is 3.76. The summed E-state index contributed by atoms with van der Waals surface area (Å²) < 4.78 is 25.5. The highest BCUT2D eigenvalue weighted by molar-refractivity contribution is 9.10. The predicted octanol–water partition coefficient (Wildman–Crippen LogP) is 6.04. The molecule has 1 heterocycles. The van der Waals surface area contributed by atoms with E-state index < -0.39 is 0 Å². The SMILES string of the molecule is COc1cc(CNCCc2nc3ccccc3[nH]2)c(Br)cc1OCc1ccc(F)cc1Cl. The molecule has 0 fully saturated rings. The van der Waals surface area contributed by atoms with E-state index in [9.17, 15) is 4.39 Å². The number of hydrogen-bond acceptors (Lipinski definition) is 4. The maximum absolute atomic E-state index is 13.2. The van der Waals surface area contributed by atoms with E-state index in [0.29, 0.717) is 28.6 Å². The van der Waals surface area contributed by atoms with Crippen LogP contribution in [0.2, 0.25) is 5.02 Å². The summed E-state index contributed by atoms with van der Waals surface area (Å²) in [4.78, 5) is 7.94. The number of methoxy groups -OCH3 is 1. The largest absolute Gasteiger partial charge is 0.493 e. The number of aromatic amines is 1. The zero-order chi connectivity index (χ0) is 22.5. The molecule has 0 unspecified atom stereocenters. The first-order chi connectivity index (χ1) is 15.5. The number of para-hydroxylation sites is 2. The Morgan fingerprint density at radius 2 is 1.94 bits per heavy atom. The molecule has 0 saturated carbocycles. The lowest BCUT2D eigenvalue weighted by atomic mass is 10.2. The molecule has 0 saturated heterocycles. The van der Waals surface area contributed by atoms with Gasteiger partial charge in [-0.2, -0.15) is 0 Å². The first-order valence-corrected chi connectivity index (χ1v) is 11.3. The zero-order valence-corrected chi connectivity index (χ0v) is 19.8. The molecule has 0 radical (unpaired) electrons. The number of benzene rings is 3. The highest BCUT2D eigenvalue weighted by Crippen LogP contribution is 2.34. The molecule has 32 heavy (non-hydrogen) atoms. The van der Waals surface area contributed by atoms with Crippen molar-refractivity contribution < 1.29 is 13.9 Å². The van der Waals surface area contributed by atoms with Crippen molar-refractivity contribution in [1.29, 1.82) is 0 Å². The fourth-order valence-corrected chi connectivity index (χ4v) is 4.02. The number of halogens is 3. The molecule has 0 atom stereocenters. The van der Waals surface area contributed by atoms with Crippen molar-refractivity contribution in [3.8, 4) is 11.5 Å². The Hall–Kier alpha value is -2.61. The van der Waals surface area contributed by atoms with Crippen molar-refractivity contribution in [1.82, 2.24) is 15.3 Å². The van der Waals surface area contributed by atoms with Gasteiger partial charge in [0.05, 0.1) is 23.2 Å². The Kier molecular flexibility index (Phi) is 7.29. The Balaban J connectivity index is 1.35. The van der Waals surface area contributed by atoms with Gasteiger partial charge in [0.15, 0.2) is 11.5 Å². The van der Waals surface area contributed by atoms with E-state index in [0.717, 1.165) is 39.9 Å². The minimum Gasteiger partial charge on any atom is -0.493 e. The van der Waals surface area contributed by atoms with Gasteiger partial charge < -0.3 is 19.8 Å². The number of aromatic nitrogens is 2. The highest BCUT2D eigenvalue weighted by atomic mass is 79.9. The molecule has 166 valence electrons. The molecule has 5 nitrogen and oxygen atoms in total. The smallest absolute Gasteiger partial charge is 0.162 e. The van der Waals surface area contributed by atoms with Crippen LogP contribution in [-0.4, -0.2) is 23.6 Å². The average molecular weight is 519 g/mol. The van der Waals surface area contributed by atoms with Crippen LogP contribution in [0.3, 0.4) is 0 Å². The van der Waals surface area contributed by atoms with Gasteiger partial charge in [-0.25, -0.2) is 9.37 Å². The minimum absolute atomic E-state index is 0.205. The third-order valence-electron chi connectivity index (χ3n) is 5.02. The van der Waals surface area contributed by atoms with Crippen molar-refractivity contribution in [3.63, 3.8) is 0 Å². The van der Waals surface area contributed by atoms with Crippen LogP contribution in [0, 0.1) is 5.82 Å². The molecule has 0 aliphatic carbocycles. The van der Waals surface area contributed by atoms with E-state index in [4.69, 9.17) is 21.1 Å². The second-order valence-corrected chi connectivity index (χ2v) is 8.51. The summed E-state index contributed by atoms with van der Waals surface area (Å²) in [5, 5.41) is 3.76. The number of imidazole rings is 1. The summed E-state index contributed by atoms with van der Waals surface area (Å²) >= 11 is 9.70. The second kappa shape index (κ2) is 10.3. The van der Waals surface area contributed by atoms with Crippen LogP contribution in [0.15, 0.2) is 59.1 Å². The molecule has 1 aromatic heterocycles. The third kappa shape index (κ3) is 5.41. The number of ether oxygens (including phenoxy) is 2. The fourth-order valence-electron chi connectivity index (χ4n) is 3.33. The molecule has 0 aliphatic heterocycles. The number of H-pyrrole nitrogens is 1. The first-order valence-electron chi connectivity index (χ1n) is 10.1. The van der Waals surface area contributed by atoms with Crippen molar-refractivity contribution in [2.45, 2.75) is 19.6 Å². The van der Waals surface area contributed by atoms with Crippen molar-refractivity contribution in [2.24, 2.45) is 0 Å². The van der Waals surface area contributed by atoms with Crippen LogP contribution in [-0.2, 0) is 19.6 Å². The highest BCUT2D eigenvalue weighted by Gasteiger charge is 2.12. The van der Waals surface area contributed by atoms with E-state index in [1.165, 1.54) is 12.1 Å². The molecule has 2 N–H and O–H groups in total. The summed E-state index contributed by atoms with van der Waals surface area (Å²) in [5.74, 6) is 1.76. The Bertz CT molecular complexity index is 1200. The first kappa shape index (κ1) is 22.6. The summed E-state index contributed by atoms with van der Waals surface area (Å²) in [6, 6.07) is 16.0. The normalized spacial score (nSPS) is 11.1. The maximum atomic E-state index is 13.2. The third-order valence-corrected chi connectivity index (χ3v) is 6.11. The number of rotatable bonds is 9. The number of nitrogens with one attached hydrogen (secondary N) is 2. The van der Waals surface area contributed by atoms with Gasteiger partial charge in [-0.15, -0.1) is 0 Å². The van der Waals surface area contributed by atoms with Gasteiger partial charge in [-0.3, -0.25) is 0 Å². The van der Waals surface area contributed by atoms with Gasteiger partial charge >= 0.3 is 0 Å². The van der Waals surface area contributed by atoms with Gasteiger partial charge in [0.2, 0.25) is 0 Å². The topological polar surface area (TPSA) is 59.2 Å². The molecule has 8 heteroatoms. The minimum atomic E-state index is -0.378. The van der Waals surface area contributed by atoms with E-state index in [1.54, 1.807) is 13.2 Å². The lowest BCUT2D eigenvalue weighted by Crippen LogP contribution is -2.17. The van der Waals surface area contributed by atoms with Gasteiger partial charge in [0.25, 0.3) is 0 Å². The van der Waals surface area contributed by atoms with Crippen LogP contribution >= 0.6 is 27.5 Å². The molecule has 0 spiro atoms. The van der Waals surface area contributed by atoms with E-state index in [2.05, 4.69) is 31.2 Å². The predicted molar refractivity (Wildman–Crippen MR) is 128 cm³/mol. The Labute approximate surface area is 199 Å². The second-order valence-electron chi connectivity index (χ2n) is 7.25. The van der Waals surface area contributed by atoms with Crippen LogP contribution < -0.4 is 14.8 Å². The van der Waals surface area contributed by atoms with Crippen molar-refractivity contribution in [3.05, 3.63) is 86.9 Å². The van der Waals surface area contributed by atoms with Gasteiger partial charge in [-0.05, 0) is 42.0 Å². The molecule has 0 aliphatic rings. The molecule has 0 amide bonds. The Morgan fingerprint density at radius 3 is 2.72 bits per heavy atom. The average Bonchev–Trinajstić information content (AvgIpc) is 3.20.